The fourth-order valence-corrected chi connectivity index (χ4v) is 3.04. The number of phenolic OH excluding ortho intramolecular Hbond substituents is 1. The van der Waals surface area contributed by atoms with Crippen molar-refractivity contribution in [2.45, 2.75) is 4.90 Å². The molecule has 0 aliphatic heterocycles. The van der Waals surface area contributed by atoms with Crippen molar-refractivity contribution in [3.05, 3.63) is 78.9 Å². The first kappa shape index (κ1) is 16.1. The Hall–Kier alpha value is -2.72. The third kappa shape index (κ3) is 4.18. The van der Waals surface area contributed by atoms with E-state index in [0.717, 1.165) is 21.7 Å². The summed E-state index contributed by atoms with van der Waals surface area (Å²) in [6.07, 6.45) is 0. The number of benzene rings is 3. The van der Waals surface area contributed by atoms with E-state index in [-0.39, 0.29) is 11.7 Å². The van der Waals surface area contributed by atoms with Crippen molar-refractivity contribution in [1.82, 2.24) is 0 Å². The number of para-hydroxylation sites is 1. The standard InChI is InChI=1S/C20H17NO2S/c22-16-10-12-17(13-11-16)24-14-20(23)21-19-9-5-4-8-18(19)15-6-2-1-3-7-15/h1-13,22H,14H2,(H,21,23). The van der Waals surface area contributed by atoms with Gasteiger partial charge in [0.15, 0.2) is 0 Å². The van der Waals surface area contributed by atoms with Gasteiger partial charge in [0, 0.05) is 16.1 Å². The molecule has 120 valence electrons. The van der Waals surface area contributed by atoms with Gasteiger partial charge in [-0.25, -0.2) is 0 Å². The third-order valence-corrected chi connectivity index (χ3v) is 4.50. The predicted molar refractivity (Wildman–Crippen MR) is 99.3 cm³/mol. The fraction of sp³-hybridized carbons (Fsp3) is 0.0500. The van der Waals surface area contributed by atoms with Crippen LogP contribution in [0.25, 0.3) is 11.1 Å². The molecule has 3 aromatic rings. The van der Waals surface area contributed by atoms with Gasteiger partial charge in [-0.1, -0.05) is 48.5 Å². The smallest absolute Gasteiger partial charge is 0.234 e. The summed E-state index contributed by atoms with van der Waals surface area (Å²) in [6.45, 7) is 0. The molecule has 0 spiro atoms. The molecule has 2 N–H and O–H groups in total. The van der Waals surface area contributed by atoms with E-state index < -0.39 is 0 Å². The zero-order valence-corrected chi connectivity index (χ0v) is 13.8. The van der Waals surface area contributed by atoms with Crippen LogP contribution in [0.5, 0.6) is 5.75 Å². The molecule has 0 aliphatic carbocycles. The van der Waals surface area contributed by atoms with Crippen LogP contribution in [0.3, 0.4) is 0 Å². The van der Waals surface area contributed by atoms with Crippen LogP contribution in [-0.4, -0.2) is 16.8 Å². The van der Waals surface area contributed by atoms with Crippen molar-refractivity contribution < 1.29 is 9.90 Å². The number of anilines is 1. The first-order valence-electron chi connectivity index (χ1n) is 7.58. The molecule has 0 atom stereocenters. The molecule has 0 unspecified atom stereocenters. The summed E-state index contributed by atoms with van der Waals surface area (Å²) in [5.74, 6) is 0.477. The summed E-state index contributed by atoms with van der Waals surface area (Å²) >= 11 is 1.43. The lowest BCUT2D eigenvalue weighted by Crippen LogP contribution is -2.14. The Balaban J connectivity index is 1.67. The molecule has 3 nitrogen and oxygen atoms in total. The normalized spacial score (nSPS) is 10.3. The lowest BCUT2D eigenvalue weighted by molar-refractivity contribution is -0.113. The van der Waals surface area contributed by atoms with Crippen molar-refractivity contribution in [1.29, 1.82) is 0 Å². The Labute approximate surface area is 145 Å². The second kappa shape index (κ2) is 7.70. The van der Waals surface area contributed by atoms with Gasteiger partial charge >= 0.3 is 0 Å². The molecular weight excluding hydrogens is 318 g/mol. The average molecular weight is 335 g/mol. The number of nitrogens with one attached hydrogen (secondary N) is 1. The second-order valence-electron chi connectivity index (χ2n) is 5.24. The first-order valence-corrected chi connectivity index (χ1v) is 8.57. The van der Waals surface area contributed by atoms with Gasteiger partial charge in [0.25, 0.3) is 0 Å². The molecule has 0 saturated heterocycles. The first-order chi connectivity index (χ1) is 11.7. The zero-order valence-electron chi connectivity index (χ0n) is 13.0. The maximum absolute atomic E-state index is 12.3. The SMILES string of the molecule is O=C(CSc1ccc(O)cc1)Nc1ccccc1-c1ccccc1. The van der Waals surface area contributed by atoms with Gasteiger partial charge in [0.2, 0.25) is 5.91 Å². The number of phenols is 1. The molecule has 0 aromatic heterocycles. The van der Waals surface area contributed by atoms with Gasteiger partial charge in [-0.2, -0.15) is 0 Å². The second-order valence-corrected chi connectivity index (χ2v) is 6.29. The Kier molecular flexibility index (Phi) is 5.18. The number of carbonyl (C=O) groups excluding carboxylic acids is 1. The molecule has 1 amide bonds. The van der Waals surface area contributed by atoms with Crippen LogP contribution in [0, 0.1) is 0 Å². The monoisotopic (exact) mass is 335 g/mol. The molecule has 0 fully saturated rings. The van der Waals surface area contributed by atoms with Crippen LogP contribution < -0.4 is 5.32 Å². The molecule has 3 rings (SSSR count). The van der Waals surface area contributed by atoms with Crippen LogP contribution in [0.4, 0.5) is 5.69 Å². The molecule has 4 heteroatoms. The minimum absolute atomic E-state index is 0.0588. The van der Waals surface area contributed by atoms with Gasteiger partial charge in [-0.05, 0) is 35.9 Å². The maximum Gasteiger partial charge on any atom is 0.234 e. The summed E-state index contributed by atoms with van der Waals surface area (Å²) in [7, 11) is 0. The van der Waals surface area contributed by atoms with E-state index in [0.29, 0.717) is 5.75 Å². The number of hydrogen-bond donors (Lipinski definition) is 2. The Morgan fingerprint density at radius 2 is 1.54 bits per heavy atom. The van der Waals surface area contributed by atoms with Gasteiger partial charge in [0.05, 0.1) is 5.75 Å². The molecular formula is C20H17NO2S. The van der Waals surface area contributed by atoms with Gasteiger partial charge < -0.3 is 10.4 Å². The van der Waals surface area contributed by atoms with E-state index in [1.807, 2.05) is 54.6 Å². The highest BCUT2D eigenvalue weighted by Gasteiger charge is 2.08. The minimum atomic E-state index is -0.0588. The van der Waals surface area contributed by atoms with Gasteiger partial charge in [0.1, 0.15) is 5.75 Å². The molecule has 0 saturated carbocycles. The number of amides is 1. The highest BCUT2D eigenvalue weighted by molar-refractivity contribution is 8.00. The third-order valence-electron chi connectivity index (χ3n) is 3.49. The summed E-state index contributed by atoms with van der Waals surface area (Å²) in [6, 6.07) is 24.6. The van der Waals surface area contributed by atoms with Crippen molar-refractivity contribution >= 4 is 23.4 Å². The summed E-state index contributed by atoms with van der Waals surface area (Å²) in [4.78, 5) is 13.2. The largest absolute Gasteiger partial charge is 0.508 e. The number of hydrogen-bond acceptors (Lipinski definition) is 3. The molecule has 0 aliphatic rings. The van der Waals surface area contributed by atoms with E-state index in [2.05, 4.69) is 5.32 Å². The molecule has 3 aromatic carbocycles. The number of thioether (sulfide) groups is 1. The van der Waals surface area contributed by atoms with E-state index in [9.17, 15) is 9.90 Å². The Morgan fingerprint density at radius 3 is 2.29 bits per heavy atom. The van der Waals surface area contributed by atoms with Crippen molar-refractivity contribution in [3.8, 4) is 16.9 Å². The van der Waals surface area contributed by atoms with Gasteiger partial charge in [-0.3, -0.25) is 4.79 Å². The van der Waals surface area contributed by atoms with Gasteiger partial charge in [-0.15, -0.1) is 11.8 Å². The fourth-order valence-electron chi connectivity index (χ4n) is 2.34. The summed E-state index contributed by atoms with van der Waals surface area (Å²) < 4.78 is 0. The average Bonchev–Trinajstić information content (AvgIpc) is 2.62. The number of aromatic hydroxyl groups is 1. The zero-order chi connectivity index (χ0) is 16.8. The molecule has 24 heavy (non-hydrogen) atoms. The molecule has 0 heterocycles. The Bertz CT molecular complexity index is 817. The number of rotatable bonds is 5. The van der Waals surface area contributed by atoms with Crippen molar-refractivity contribution in [3.63, 3.8) is 0 Å². The highest BCUT2D eigenvalue weighted by atomic mass is 32.2. The summed E-state index contributed by atoms with van der Waals surface area (Å²) in [5, 5.41) is 12.3. The van der Waals surface area contributed by atoms with Crippen LogP contribution >= 0.6 is 11.8 Å². The number of carbonyl (C=O) groups is 1. The lowest BCUT2D eigenvalue weighted by atomic mass is 10.0. The van der Waals surface area contributed by atoms with Crippen molar-refractivity contribution in [2.24, 2.45) is 0 Å². The maximum atomic E-state index is 12.3. The minimum Gasteiger partial charge on any atom is -0.508 e. The highest BCUT2D eigenvalue weighted by Crippen LogP contribution is 2.28. The van der Waals surface area contributed by atoms with Crippen LogP contribution in [0.2, 0.25) is 0 Å². The Morgan fingerprint density at radius 1 is 0.875 bits per heavy atom. The van der Waals surface area contributed by atoms with E-state index in [1.54, 1.807) is 24.3 Å². The van der Waals surface area contributed by atoms with Crippen LogP contribution in [0.15, 0.2) is 83.8 Å². The lowest BCUT2D eigenvalue weighted by Gasteiger charge is -2.11. The van der Waals surface area contributed by atoms with E-state index in [4.69, 9.17) is 0 Å². The van der Waals surface area contributed by atoms with E-state index >= 15 is 0 Å². The summed E-state index contributed by atoms with van der Waals surface area (Å²) in [5.41, 5.74) is 2.88. The van der Waals surface area contributed by atoms with E-state index in [1.165, 1.54) is 11.8 Å². The van der Waals surface area contributed by atoms with Crippen LogP contribution in [-0.2, 0) is 4.79 Å². The topological polar surface area (TPSA) is 49.3 Å². The quantitative estimate of drug-likeness (QED) is 0.659. The van der Waals surface area contributed by atoms with Crippen LogP contribution in [0.1, 0.15) is 0 Å². The molecule has 0 bridgehead atoms. The predicted octanol–water partition coefficient (Wildman–Crippen LogP) is 4.79. The molecule has 0 radical (unpaired) electrons. The van der Waals surface area contributed by atoms with Crippen molar-refractivity contribution in [2.75, 3.05) is 11.1 Å².